The zero-order valence-electron chi connectivity index (χ0n) is 15.9. The Bertz CT molecular complexity index is 1040. The van der Waals surface area contributed by atoms with E-state index < -0.39 is 18.4 Å². The number of carboxylic acids is 1. The molecule has 0 heterocycles. The number of carbonyl (C=O) groups excluding carboxylic acids is 1. The van der Waals surface area contributed by atoms with Crippen LogP contribution in [0.15, 0.2) is 72.8 Å². The van der Waals surface area contributed by atoms with Crippen LogP contribution in [-0.2, 0) is 17.9 Å². The van der Waals surface area contributed by atoms with Gasteiger partial charge in [-0.25, -0.2) is 4.39 Å². The summed E-state index contributed by atoms with van der Waals surface area (Å²) < 4.78 is 18.7. The Hall–Kier alpha value is -3.38. The van der Waals surface area contributed by atoms with E-state index in [1.54, 1.807) is 60.7 Å². The third-order valence-corrected chi connectivity index (χ3v) is 4.70. The molecule has 0 fully saturated rings. The van der Waals surface area contributed by atoms with Crippen molar-refractivity contribution in [2.45, 2.75) is 13.2 Å². The minimum Gasteiger partial charge on any atom is -0.489 e. The fraction of sp³-hybridized carbons (Fsp3) is 0.130. The smallest absolute Gasteiger partial charge is 0.323 e. The van der Waals surface area contributed by atoms with Gasteiger partial charge in [-0.3, -0.25) is 9.59 Å². The molecule has 3 aromatic carbocycles. The van der Waals surface area contributed by atoms with Crippen LogP contribution in [0.5, 0.6) is 5.75 Å². The first-order valence-electron chi connectivity index (χ1n) is 9.14. The normalized spacial score (nSPS) is 10.5. The van der Waals surface area contributed by atoms with Crippen LogP contribution >= 0.6 is 11.6 Å². The van der Waals surface area contributed by atoms with Crippen LogP contribution in [0.3, 0.4) is 0 Å². The first-order chi connectivity index (χ1) is 14.4. The maximum atomic E-state index is 13.0. The number of halogens is 2. The van der Waals surface area contributed by atoms with Gasteiger partial charge in [0.1, 0.15) is 24.7 Å². The SMILES string of the molecule is O=C(O)CN(Cc1ccccc1Cl)C(=O)c1cccc(OCc2ccc(F)cc2)c1. The summed E-state index contributed by atoms with van der Waals surface area (Å²) in [7, 11) is 0. The number of amides is 1. The quantitative estimate of drug-likeness (QED) is 0.561. The van der Waals surface area contributed by atoms with Crippen molar-refractivity contribution in [2.75, 3.05) is 6.54 Å². The van der Waals surface area contributed by atoms with Gasteiger partial charge in [0.2, 0.25) is 0 Å². The Kier molecular flexibility index (Phi) is 7.03. The van der Waals surface area contributed by atoms with Crippen molar-refractivity contribution in [3.63, 3.8) is 0 Å². The van der Waals surface area contributed by atoms with Crippen LogP contribution in [0.1, 0.15) is 21.5 Å². The highest BCUT2D eigenvalue weighted by Crippen LogP contribution is 2.21. The molecule has 0 aliphatic rings. The molecule has 1 amide bonds. The highest BCUT2D eigenvalue weighted by atomic mass is 35.5. The molecule has 0 aromatic heterocycles. The molecule has 1 N–H and O–H groups in total. The highest BCUT2D eigenvalue weighted by molar-refractivity contribution is 6.31. The van der Waals surface area contributed by atoms with E-state index in [-0.39, 0.29) is 19.0 Å². The number of hydrogen-bond acceptors (Lipinski definition) is 3. The van der Waals surface area contributed by atoms with Crippen LogP contribution in [-0.4, -0.2) is 28.4 Å². The van der Waals surface area contributed by atoms with Crippen LogP contribution < -0.4 is 4.74 Å². The fourth-order valence-corrected chi connectivity index (χ4v) is 3.04. The third-order valence-electron chi connectivity index (χ3n) is 4.33. The minimum absolute atomic E-state index is 0.0610. The van der Waals surface area contributed by atoms with Gasteiger partial charge in [0.25, 0.3) is 5.91 Å². The van der Waals surface area contributed by atoms with E-state index in [0.29, 0.717) is 21.9 Å². The zero-order valence-corrected chi connectivity index (χ0v) is 16.7. The van der Waals surface area contributed by atoms with Gasteiger partial charge in [0.05, 0.1) is 0 Å². The van der Waals surface area contributed by atoms with Crippen molar-refractivity contribution < 1.29 is 23.8 Å². The molecule has 3 rings (SSSR count). The molecule has 0 aliphatic carbocycles. The molecule has 0 radical (unpaired) electrons. The second-order valence-electron chi connectivity index (χ2n) is 6.59. The van der Waals surface area contributed by atoms with Gasteiger partial charge in [-0.15, -0.1) is 0 Å². The Labute approximate surface area is 178 Å². The van der Waals surface area contributed by atoms with Crippen LogP contribution in [0.4, 0.5) is 4.39 Å². The van der Waals surface area contributed by atoms with Gasteiger partial charge in [-0.2, -0.15) is 0 Å². The van der Waals surface area contributed by atoms with Crippen molar-refractivity contribution in [2.24, 2.45) is 0 Å². The lowest BCUT2D eigenvalue weighted by Crippen LogP contribution is -2.35. The predicted molar refractivity (Wildman–Crippen MR) is 111 cm³/mol. The summed E-state index contributed by atoms with van der Waals surface area (Å²) in [5, 5.41) is 9.69. The van der Waals surface area contributed by atoms with Gasteiger partial charge >= 0.3 is 5.97 Å². The number of nitrogens with zero attached hydrogens (tertiary/aromatic N) is 1. The molecule has 7 heteroatoms. The Balaban J connectivity index is 1.75. The molecule has 0 unspecified atom stereocenters. The van der Waals surface area contributed by atoms with E-state index in [1.165, 1.54) is 17.0 Å². The molecule has 0 atom stereocenters. The summed E-state index contributed by atoms with van der Waals surface area (Å²) >= 11 is 6.16. The number of ether oxygens (including phenoxy) is 1. The predicted octanol–water partition coefficient (Wildman–Crippen LogP) is 4.79. The number of benzene rings is 3. The van der Waals surface area contributed by atoms with Crippen molar-refractivity contribution >= 4 is 23.5 Å². The highest BCUT2D eigenvalue weighted by Gasteiger charge is 2.20. The van der Waals surface area contributed by atoms with E-state index in [4.69, 9.17) is 16.3 Å². The van der Waals surface area contributed by atoms with E-state index >= 15 is 0 Å². The van der Waals surface area contributed by atoms with E-state index in [9.17, 15) is 19.1 Å². The summed E-state index contributed by atoms with van der Waals surface area (Å²) in [5.74, 6) is -1.47. The zero-order chi connectivity index (χ0) is 21.5. The standard InChI is InChI=1S/C23H19ClFNO4/c24-21-7-2-1-4-18(21)13-26(14-22(27)28)23(29)17-5-3-6-20(12-17)30-15-16-8-10-19(25)11-9-16/h1-12H,13-15H2,(H,27,28). The third kappa shape index (κ3) is 5.81. The number of carboxylic acid groups (broad SMARTS) is 1. The van der Waals surface area contributed by atoms with E-state index in [2.05, 4.69) is 0 Å². The van der Waals surface area contributed by atoms with E-state index in [1.807, 2.05) is 0 Å². The molecule has 30 heavy (non-hydrogen) atoms. The molecule has 5 nitrogen and oxygen atoms in total. The second-order valence-corrected chi connectivity index (χ2v) is 7.00. The summed E-state index contributed by atoms with van der Waals surface area (Å²) in [6, 6.07) is 19.4. The topological polar surface area (TPSA) is 66.8 Å². The largest absolute Gasteiger partial charge is 0.489 e. The molecule has 0 bridgehead atoms. The molecular weight excluding hydrogens is 409 g/mol. The van der Waals surface area contributed by atoms with Crippen molar-refractivity contribution in [1.82, 2.24) is 4.90 Å². The Morgan fingerprint density at radius 2 is 1.73 bits per heavy atom. The average molecular weight is 428 g/mol. The lowest BCUT2D eigenvalue weighted by Gasteiger charge is -2.22. The van der Waals surface area contributed by atoms with Gasteiger partial charge in [-0.05, 0) is 47.5 Å². The fourth-order valence-electron chi connectivity index (χ4n) is 2.84. The van der Waals surface area contributed by atoms with Crippen molar-refractivity contribution in [3.8, 4) is 5.75 Å². The summed E-state index contributed by atoms with van der Waals surface area (Å²) in [5.41, 5.74) is 1.72. The van der Waals surface area contributed by atoms with Crippen molar-refractivity contribution in [3.05, 3.63) is 100 Å². The Morgan fingerprint density at radius 3 is 2.43 bits per heavy atom. The first-order valence-corrected chi connectivity index (χ1v) is 9.52. The summed E-state index contributed by atoms with van der Waals surface area (Å²) in [6.45, 7) is -0.202. The molecular formula is C23H19ClFNO4. The van der Waals surface area contributed by atoms with Gasteiger partial charge in [0.15, 0.2) is 0 Å². The first kappa shape index (κ1) is 21.3. The summed E-state index contributed by atoms with van der Waals surface area (Å²) in [6.07, 6.45) is 0. The van der Waals surface area contributed by atoms with Crippen LogP contribution in [0, 0.1) is 5.82 Å². The number of aliphatic carboxylic acids is 1. The number of rotatable bonds is 8. The van der Waals surface area contributed by atoms with Crippen molar-refractivity contribution in [1.29, 1.82) is 0 Å². The lowest BCUT2D eigenvalue weighted by atomic mass is 10.1. The monoisotopic (exact) mass is 427 g/mol. The number of hydrogen-bond donors (Lipinski definition) is 1. The lowest BCUT2D eigenvalue weighted by molar-refractivity contribution is -0.137. The maximum Gasteiger partial charge on any atom is 0.323 e. The molecule has 0 spiro atoms. The molecule has 0 saturated carbocycles. The molecule has 0 saturated heterocycles. The maximum absolute atomic E-state index is 13.0. The number of carbonyl (C=O) groups is 2. The molecule has 0 aliphatic heterocycles. The molecule has 154 valence electrons. The molecule has 3 aromatic rings. The van der Waals surface area contributed by atoms with Gasteiger partial charge in [0, 0.05) is 17.1 Å². The van der Waals surface area contributed by atoms with Gasteiger partial charge < -0.3 is 14.7 Å². The minimum atomic E-state index is -1.13. The summed E-state index contributed by atoms with van der Waals surface area (Å²) in [4.78, 5) is 25.5. The average Bonchev–Trinajstić information content (AvgIpc) is 2.74. The Morgan fingerprint density at radius 1 is 1.00 bits per heavy atom. The van der Waals surface area contributed by atoms with Gasteiger partial charge in [-0.1, -0.05) is 48.0 Å². The van der Waals surface area contributed by atoms with E-state index in [0.717, 1.165) is 5.56 Å². The second kappa shape index (κ2) is 9.89. The van der Waals surface area contributed by atoms with Crippen LogP contribution in [0.2, 0.25) is 5.02 Å². The van der Waals surface area contributed by atoms with Crippen LogP contribution in [0.25, 0.3) is 0 Å².